The van der Waals surface area contributed by atoms with Gasteiger partial charge in [-0.2, -0.15) is 11.3 Å². The molecule has 10 heteroatoms. The van der Waals surface area contributed by atoms with E-state index in [-0.39, 0.29) is 18.4 Å². The molecule has 0 saturated carbocycles. The maximum absolute atomic E-state index is 12.5. The van der Waals surface area contributed by atoms with Crippen molar-refractivity contribution in [2.24, 2.45) is 0 Å². The van der Waals surface area contributed by atoms with Crippen LogP contribution in [0, 0.1) is 0 Å². The Labute approximate surface area is 185 Å². The molecule has 1 aliphatic rings. The van der Waals surface area contributed by atoms with Crippen molar-refractivity contribution in [3.8, 4) is 5.75 Å². The van der Waals surface area contributed by atoms with E-state index in [1.807, 2.05) is 5.38 Å². The van der Waals surface area contributed by atoms with Gasteiger partial charge in [0.15, 0.2) is 11.7 Å². The van der Waals surface area contributed by atoms with E-state index in [2.05, 4.69) is 10.3 Å². The highest BCUT2D eigenvalue weighted by atomic mass is 35.5. The van der Waals surface area contributed by atoms with Gasteiger partial charge in [-0.15, -0.1) is 0 Å². The van der Waals surface area contributed by atoms with Gasteiger partial charge in [-0.25, -0.2) is 4.98 Å². The molecule has 6 nitrogen and oxygen atoms in total. The lowest BCUT2D eigenvalue weighted by molar-refractivity contribution is -0.134. The summed E-state index contributed by atoms with van der Waals surface area (Å²) in [5, 5.41) is 7.88. The molecule has 0 spiro atoms. The molecular formula is C19H15Cl2N3O3S2. The van der Waals surface area contributed by atoms with Crippen LogP contribution < -0.4 is 10.1 Å². The Bertz CT molecular complexity index is 1050. The fraction of sp³-hybridized carbons (Fsp3) is 0.211. The van der Waals surface area contributed by atoms with Gasteiger partial charge in [0, 0.05) is 28.2 Å². The summed E-state index contributed by atoms with van der Waals surface area (Å²) in [6.07, 6.45) is 0.633. The van der Waals surface area contributed by atoms with Crippen molar-refractivity contribution in [1.29, 1.82) is 0 Å². The molecule has 2 aromatic heterocycles. The number of benzene rings is 1. The zero-order chi connectivity index (χ0) is 20.4. The number of hydrogen-bond donors (Lipinski definition) is 1. The van der Waals surface area contributed by atoms with E-state index in [0.717, 1.165) is 10.6 Å². The van der Waals surface area contributed by atoms with E-state index in [0.29, 0.717) is 46.0 Å². The van der Waals surface area contributed by atoms with Crippen LogP contribution >= 0.6 is 45.9 Å². The molecule has 0 unspecified atom stereocenters. The number of fused-ring (bicyclic) bond motifs is 1. The second-order valence-corrected chi connectivity index (χ2v) is 8.99. The zero-order valence-electron chi connectivity index (χ0n) is 15.0. The minimum absolute atomic E-state index is 0.114. The van der Waals surface area contributed by atoms with Crippen molar-refractivity contribution in [2.75, 3.05) is 18.5 Å². The molecule has 1 N–H and O–H groups in total. The molecule has 0 bridgehead atoms. The van der Waals surface area contributed by atoms with Crippen molar-refractivity contribution in [2.45, 2.75) is 13.0 Å². The molecule has 2 amide bonds. The van der Waals surface area contributed by atoms with Gasteiger partial charge in [0.05, 0.1) is 22.8 Å². The number of nitrogens with one attached hydrogen (secondary N) is 1. The Hall–Kier alpha value is -2.13. The van der Waals surface area contributed by atoms with E-state index < -0.39 is 0 Å². The number of thiazole rings is 1. The van der Waals surface area contributed by atoms with Crippen LogP contribution in [-0.4, -0.2) is 34.8 Å². The number of anilines is 1. The maximum atomic E-state index is 12.5. The number of carbonyl (C=O) groups is 2. The van der Waals surface area contributed by atoms with Crippen molar-refractivity contribution in [3.63, 3.8) is 0 Å². The van der Waals surface area contributed by atoms with Gasteiger partial charge in [-0.1, -0.05) is 34.5 Å². The van der Waals surface area contributed by atoms with Gasteiger partial charge >= 0.3 is 0 Å². The molecule has 4 rings (SSSR count). The lowest BCUT2D eigenvalue weighted by Crippen LogP contribution is -2.38. The molecule has 0 saturated heterocycles. The van der Waals surface area contributed by atoms with E-state index in [1.165, 1.54) is 22.7 Å². The largest absolute Gasteiger partial charge is 0.482 e. The molecule has 150 valence electrons. The van der Waals surface area contributed by atoms with Gasteiger partial charge in [0.25, 0.3) is 11.8 Å². The number of aromatic nitrogens is 1. The van der Waals surface area contributed by atoms with Gasteiger partial charge in [0.1, 0.15) is 5.75 Å². The van der Waals surface area contributed by atoms with E-state index in [9.17, 15) is 9.59 Å². The average molecular weight is 468 g/mol. The van der Waals surface area contributed by atoms with Gasteiger partial charge in [-0.3, -0.25) is 14.9 Å². The Balaban J connectivity index is 1.36. The Morgan fingerprint density at radius 3 is 2.90 bits per heavy atom. The van der Waals surface area contributed by atoms with Crippen molar-refractivity contribution >= 4 is 62.8 Å². The SMILES string of the molecule is O=C(Nc1nc2c(s1)CN(C(=O)COc1ccc(Cl)cc1Cl)CC2)c1ccsc1. The third-order valence-corrected chi connectivity index (χ3v) is 6.54. The lowest BCUT2D eigenvalue weighted by Gasteiger charge is -2.26. The number of halogens is 2. The van der Waals surface area contributed by atoms with Crippen molar-refractivity contribution in [1.82, 2.24) is 9.88 Å². The highest BCUT2D eigenvalue weighted by Crippen LogP contribution is 2.30. The molecule has 3 aromatic rings. The van der Waals surface area contributed by atoms with Gasteiger partial charge in [0.2, 0.25) is 0 Å². The predicted molar refractivity (Wildman–Crippen MR) is 115 cm³/mol. The summed E-state index contributed by atoms with van der Waals surface area (Å²) in [4.78, 5) is 31.9. The van der Waals surface area contributed by atoms with Crippen LogP contribution in [0.2, 0.25) is 10.0 Å². The second-order valence-electron chi connectivity index (χ2n) is 6.28. The topological polar surface area (TPSA) is 71.5 Å². The minimum atomic E-state index is -0.182. The average Bonchev–Trinajstić information content (AvgIpc) is 3.36. The molecule has 0 fully saturated rings. The minimum Gasteiger partial charge on any atom is -0.482 e. The fourth-order valence-electron chi connectivity index (χ4n) is 2.85. The summed E-state index contributed by atoms with van der Waals surface area (Å²) in [5.41, 5.74) is 1.53. The summed E-state index contributed by atoms with van der Waals surface area (Å²) < 4.78 is 5.54. The third-order valence-electron chi connectivity index (χ3n) is 4.33. The van der Waals surface area contributed by atoms with Crippen LogP contribution in [-0.2, 0) is 17.8 Å². The second kappa shape index (κ2) is 8.71. The van der Waals surface area contributed by atoms with Crippen LogP contribution in [0.3, 0.4) is 0 Å². The number of nitrogens with zero attached hydrogens (tertiary/aromatic N) is 2. The smallest absolute Gasteiger partial charge is 0.260 e. The summed E-state index contributed by atoms with van der Waals surface area (Å²) in [7, 11) is 0. The number of carbonyl (C=O) groups excluding carboxylic acids is 2. The molecule has 0 aliphatic carbocycles. The number of amides is 2. The quantitative estimate of drug-likeness (QED) is 0.588. The number of rotatable bonds is 5. The first kappa shape index (κ1) is 20.2. The van der Waals surface area contributed by atoms with E-state index >= 15 is 0 Å². The van der Waals surface area contributed by atoms with Crippen molar-refractivity contribution in [3.05, 3.63) is 61.2 Å². The Morgan fingerprint density at radius 2 is 2.14 bits per heavy atom. The molecule has 1 aliphatic heterocycles. The number of hydrogen-bond acceptors (Lipinski definition) is 6. The highest BCUT2D eigenvalue weighted by Gasteiger charge is 2.25. The van der Waals surface area contributed by atoms with Crippen LogP contribution in [0.1, 0.15) is 20.9 Å². The normalized spacial score (nSPS) is 13.1. The fourth-order valence-corrected chi connectivity index (χ4v) is 4.97. The molecule has 3 heterocycles. The first-order chi connectivity index (χ1) is 14.0. The molecule has 0 atom stereocenters. The zero-order valence-corrected chi connectivity index (χ0v) is 18.1. The monoisotopic (exact) mass is 467 g/mol. The molecular weight excluding hydrogens is 453 g/mol. The van der Waals surface area contributed by atoms with Crippen LogP contribution in [0.5, 0.6) is 5.75 Å². The summed E-state index contributed by atoms with van der Waals surface area (Å²) >= 11 is 14.8. The van der Waals surface area contributed by atoms with Crippen LogP contribution in [0.15, 0.2) is 35.0 Å². The summed E-state index contributed by atoms with van der Waals surface area (Å²) in [5.74, 6) is 0.0933. The third kappa shape index (κ3) is 4.72. The molecule has 0 radical (unpaired) electrons. The summed E-state index contributed by atoms with van der Waals surface area (Å²) in [6.45, 7) is 0.875. The first-order valence-electron chi connectivity index (χ1n) is 8.67. The highest BCUT2D eigenvalue weighted by molar-refractivity contribution is 7.16. The first-order valence-corrected chi connectivity index (χ1v) is 11.2. The van der Waals surface area contributed by atoms with E-state index in [4.69, 9.17) is 27.9 Å². The van der Waals surface area contributed by atoms with Gasteiger partial charge in [-0.05, 0) is 29.6 Å². The number of ether oxygens (including phenoxy) is 1. The van der Waals surface area contributed by atoms with Gasteiger partial charge < -0.3 is 9.64 Å². The van der Waals surface area contributed by atoms with E-state index in [1.54, 1.807) is 34.5 Å². The van der Waals surface area contributed by atoms with Crippen LogP contribution in [0.4, 0.5) is 5.13 Å². The molecule has 1 aromatic carbocycles. The Kier molecular flexibility index (Phi) is 6.05. The summed E-state index contributed by atoms with van der Waals surface area (Å²) in [6, 6.07) is 6.63. The number of thiophene rings is 1. The standard InChI is InChI=1S/C19H15Cl2N3O3S2/c20-12-1-2-15(13(21)7-12)27-9-17(25)24-5-3-14-16(8-24)29-19(22-14)23-18(26)11-4-6-28-10-11/h1-2,4,6-7,10H,3,5,8-9H2,(H,22,23,26). The molecule has 29 heavy (non-hydrogen) atoms. The Morgan fingerprint density at radius 1 is 1.28 bits per heavy atom. The lowest BCUT2D eigenvalue weighted by atomic mass is 10.2. The maximum Gasteiger partial charge on any atom is 0.260 e. The van der Waals surface area contributed by atoms with Crippen LogP contribution in [0.25, 0.3) is 0 Å². The van der Waals surface area contributed by atoms with Crippen molar-refractivity contribution < 1.29 is 14.3 Å². The predicted octanol–water partition coefficient (Wildman–Crippen LogP) is 4.73.